The molecule has 88 valence electrons. The first-order valence-corrected chi connectivity index (χ1v) is 5.56. The van der Waals surface area contributed by atoms with Crippen LogP contribution >= 0.6 is 11.6 Å². The van der Waals surface area contributed by atoms with Gasteiger partial charge in [-0.05, 0) is 18.2 Å². The Balaban J connectivity index is 2.33. The van der Waals surface area contributed by atoms with E-state index in [1.165, 1.54) is 6.20 Å². The Bertz CT molecular complexity index is 656. The van der Waals surface area contributed by atoms with E-state index in [0.29, 0.717) is 16.1 Å². The summed E-state index contributed by atoms with van der Waals surface area (Å²) < 4.78 is 0. The first kappa shape index (κ1) is 12.2. The monoisotopic (exact) mass is 256 g/mol. The minimum atomic E-state index is -0.524. The largest absolute Gasteiger partial charge is 0.366 e. The minimum absolute atomic E-state index is 0.334. The van der Waals surface area contributed by atoms with Gasteiger partial charge in [-0.25, -0.2) is 0 Å². The van der Waals surface area contributed by atoms with Crippen molar-refractivity contribution < 1.29 is 4.79 Å². The predicted molar refractivity (Wildman–Crippen MR) is 70.2 cm³/mol. The second kappa shape index (κ2) is 5.35. The molecular weight excluding hydrogens is 248 g/mol. The maximum atomic E-state index is 11.0. The number of aromatic nitrogens is 1. The molecule has 0 unspecified atom stereocenters. The summed E-state index contributed by atoms with van der Waals surface area (Å²) in [4.78, 5) is 14.9. The lowest BCUT2D eigenvalue weighted by atomic mass is 10.1. The highest BCUT2D eigenvalue weighted by atomic mass is 35.5. The summed E-state index contributed by atoms with van der Waals surface area (Å²) in [5.41, 5.74) is 6.84. The number of nitrogens with two attached hydrogens (primary N) is 1. The highest BCUT2D eigenvalue weighted by molar-refractivity contribution is 6.31. The van der Waals surface area contributed by atoms with E-state index < -0.39 is 5.91 Å². The number of amides is 1. The molecule has 1 aromatic heterocycles. The van der Waals surface area contributed by atoms with Crippen LogP contribution in [-0.4, -0.2) is 10.9 Å². The van der Waals surface area contributed by atoms with E-state index in [1.807, 2.05) is 18.2 Å². The zero-order valence-corrected chi connectivity index (χ0v) is 10.1. The average Bonchev–Trinajstić information content (AvgIpc) is 2.38. The van der Waals surface area contributed by atoms with Gasteiger partial charge in [-0.1, -0.05) is 35.6 Å². The van der Waals surface area contributed by atoms with Crippen molar-refractivity contribution in [2.24, 2.45) is 5.73 Å². The molecule has 2 rings (SSSR count). The van der Waals surface area contributed by atoms with Crippen LogP contribution in [0.4, 0.5) is 0 Å². The fraction of sp³-hybridized carbons (Fsp3) is 0. The van der Waals surface area contributed by atoms with Crippen molar-refractivity contribution in [2.45, 2.75) is 0 Å². The van der Waals surface area contributed by atoms with E-state index in [4.69, 9.17) is 17.3 Å². The van der Waals surface area contributed by atoms with Gasteiger partial charge in [-0.3, -0.25) is 9.78 Å². The van der Waals surface area contributed by atoms with Crippen LogP contribution in [0.5, 0.6) is 0 Å². The third kappa shape index (κ3) is 2.88. The summed E-state index contributed by atoms with van der Waals surface area (Å²) in [6.07, 6.45) is 2.97. The molecular formula is C14H9ClN2O. The Morgan fingerprint density at radius 3 is 2.72 bits per heavy atom. The summed E-state index contributed by atoms with van der Waals surface area (Å²) in [6, 6.07) is 8.88. The van der Waals surface area contributed by atoms with Crippen LogP contribution in [0.2, 0.25) is 5.02 Å². The number of hydrogen-bond donors (Lipinski definition) is 1. The molecule has 2 N–H and O–H groups in total. The number of primary amides is 1. The normalized spacial score (nSPS) is 9.39. The summed E-state index contributed by atoms with van der Waals surface area (Å²) in [5.74, 6) is 5.29. The fourth-order valence-corrected chi connectivity index (χ4v) is 1.53. The Morgan fingerprint density at radius 2 is 2.00 bits per heavy atom. The zero-order valence-electron chi connectivity index (χ0n) is 9.35. The molecule has 1 heterocycles. The van der Waals surface area contributed by atoms with Gasteiger partial charge in [0.15, 0.2) is 0 Å². The number of halogens is 1. The van der Waals surface area contributed by atoms with E-state index in [0.717, 1.165) is 5.56 Å². The van der Waals surface area contributed by atoms with Crippen molar-refractivity contribution in [2.75, 3.05) is 0 Å². The van der Waals surface area contributed by atoms with Crippen molar-refractivity contribution in [3.05, 3.63) is 64.4 Å². The van der Waals surface area contributed by atoms with Crippen molar-refractivity contribution in [1.29, 1.82) is 0 Å². The molecule has 1 aromatic carbocycles. The molecule has 0 atom stereocenters. The molecule has 0 spiro atoms. The lowest BCUT2D eigenvalue weighted by Crippen LogP contribution is -2.11. The van der Waals surface area contributed by atoms with Crippen LogP contribution < -0.4 is 5.73 Å². The van der Waals surface area contributed by atoms with E-state index in [1.54, 1.807) is 18.3 Å². The molecule has 0 saturated heterocycles. The second-order valence-electron chi connectivity index (χ2n) is 3.56. The maximum Gasteiger partial charge on any atom is 0.250 e. The number of hydrogen-bond acceptors (Lipinski definition) is 2. The van der Waals surface area contributed by atoms with Crippen LogP contribution in [0.15, 0.2) is 42.7 Å². The molecule has 4 heteroatoms. The standard InChI is InChI=1S/C14H9ClN2O/c15-13-4-2-1-3-11(13)6-5-10-7-12(14(16)18)9-17-8-10/h1-4,7-9H,(H2,16,18). The van der Waals surface area contributed by atoms with Crippen molar-refractivity contribution in [3.63, 3.8) is 0 Å². The highest BCUT2D eigenvalue weighted by Gasteiger charge is 2.00. The molecule has 2 aromatic rings. The van der Waals surface area contributed by atoms with Gasteiger partial charge in [0.05, 0.1) is 10.6 Å². The third-order valence-corrected chi connectivity index (χ3v) is 2.57. The van der Waals surface area contributed by atoms with Crippen LogP contribution in [0.1, 0.15) is 21.5 Å². The predicted octanol–water partition coefficient (Wildman–Crippen LogP) is 2.23. The number of carbonyl (C=O) groups is 1. The van der Waals surface area contributed by atoms with Gasteiger partial charge in [0.25, 0.3) is 0 Å². The third-order valence-electron chi connectivity index (χ3n) is 2.24. The van der Waals surface area contributed by atoms with E-state index in [2.05, 4.69) is 16.8 Å². The van der Waals surface area contributed by atoms with Gasteiger partial charge in [-0.15, -0.1) is 0 Å². The van der Waals surface area contributed by atoms with Gasteiger partial charge in [0.2, 0.25) is 5.91 Å². The van der Waals surface area contributed by atoms with Crippen LogP contribution in [0.25, 0.3) is 0 Å². The van der Waals surface area contributed by atoms with E-state index >= 15 is 0 Å². The summed E-state index contributed by atoms with van der Waals surface area (Å²) >= 11 is 5.98. The Kier molecular flexibility index (Phi) is 3.61. The second-order valence-corrected chi connectivity index (χ2v) is 3.96. The van der Waals surface area contributed by atoms with Gasteiger partial charge in [0.1, 0.15) is 0 Å². The lowest BCUT2D eigenvalue weighted by Gasteiger charge is -1.95. The van der Waals surface area contributed by atoms with Crippen molar-refractivity contribution >= 4 is 17.5 Å². The average molecular weight is 257 g/mol. The number of benzene rings is 1. The summed E-state index contributed by atoms with van der Waals surface area (Å²) in [7, 11) is 0. The maximum absolute atomic E-state index is 11.0. The first-order valence-electron chi connectivity index (χ1n) is 5.18. The Hall–Kier alpha value is -2.31. The Morgan fingerprint density at radius 1 is 1.22 bits per heavy atom. The highest BCUT2D eigenvalue weighted by Crippen LogP contribution is 2.13. The minimum Gasteiger partial charge on any atom is -0.366 e. The van der Waals surface area contributed by atoms with Gasteiger partial charge < -0.3 is 5.73 Å². The molecule has 18 heavy (non-hydrogen) atoms. The molecule has 0 aliphatic rings. The Labute approximate surface area is 110 Å². The molecule has 0 aliphatic heterocycles. The van der Waals surface area contributed by atoms with Gasteiger partial charge >= 0.3 is 0 Å². The van der Waals surface area contributed by atoms with Crippen LogP contribution in [0, 0.1) is 11.8 Å². The van der Waals surface area contributed by atoms with Crippen molar-refractivity contribution in [3.8, 4) is 11.8 Å². The lowest BCUT2D eigenvalue weighted by molar-refractivity contribution is 0.1000. The molecule has 0 aliphatic carbocycles. The van der Waals surface area contributed by atoms with E-state index in [-0.39, 0.29) is 0 Å². The molecule has 0 fully saturated rings. The number of pyridine rings is 1. The van der Waals surface area contributed by atoms with Crippen molar-refractivity contribution in [1.82, 2.24) is 4.98 Å². The SMILES string of the molecule is NC(=O)c1cncc(C#Cc2ccccc2Cl)c1. The molecule has 3 nitrogen and oxygen atoms in total. The number of carbonyl (C=O) groups excluding carboxylic acids is 1. The quantitative estimate of drug-likeness (QED) is 0.796. The van der Waals surface area contributed by atoms with Crippen LogP contribution in [-0.2, 0) is 0 Å². The number of nitrogens with zero attached hydrogens (tertiary/aromatic N) is 1. The fourth-order valence-electron chi connectivity index (χ4n) is 1.35. The molecule has 0 bridgehead atoms. The molecule has 1 amide bonds. The number of rotatable bonds is 1. The van der Waals surface area contributed by atoms with Gasteiger partial charge in [-0.2, -0.15) is 0 Å². The molecule has 0 saturated carbocycles. The summed E-state index contributed by atoms with van der Waals surface area (Å²) in [6.45, 7) is 0. The van der Waals surface area contributed by atoms with Gasteiger partial charge in [0, 0.05) is 23.5 Å². The first-order chi connectivity index (χ1) is 8.66. The van der Waals surface area contributed by atoms with E-state index in [9.17, 15) is 4.79 Å². The zero-order chi connectivity index (χ0) is 13.0. The topological polar surface area (TPSA) is 56.0 Å². The van der Waals surface area contributed by atoms with Crippen LogP contribution in [0.3, 0.4) is 0 Å². The summed E-state index contributed by atoms with van der Waals surface area (Å²) in [5, 5.41) is 0.587. The smallest absolute Gasteiger partial charge is 0.250 e. The molecule has 0 radical (unpaired) electrons.